The first-order chi connectivity index (χ1) is 13.4. The number of allylic oxidation sites excluding steroid dienone is 6. The molecule has 0 spiro atoms. The Labute approximate surface area is 174 Å². The van der Waals surface area contributed by atoms with Gasteiger partial charge in [0.15, 0.2) is 0 Å². The minimum atomic E-state index is -0.0207. The van der Waals surface area contributed by atoms with Crippen molar-refractivity contribution in [2.45, 2.75) is 39.7 Å². The van der Waals surface area contributed by atoms with Crippen LogP contribution in [0.4, 0.5) is 0 Å². The highest BCUT2D eigenvalue weighted by Crippen LogP contribution is 2.33. The van der Waals surface area contributed by atoms with Crippen molar-refractivity contribution in [3.05, 3.63) is 56.7 Å². The number of carbonyl (C=O) groups is 1. The van der Waals surface area contributed by atoms with Crippen molar-refractivity contribution in [1.82, 2.24) is 14.5 Å². The van der Waals surface area contributed by atoms with E-state index in [-0.39, 0.29) is 17.4 Å². The van der Waals surface area contributed by atoms with E-state index in [2.05, 4.69) is 35.0 Å². The van der Waals surface area contributed by atoms with Crippen molar-refractivity contribution < 1.29 is 4.79 Å². The number of aryl methyl sites for hydroxylation is 1. The molecule has 2 heterocycles. The minimum absolute atomic E-state index is 0.0207. The Balaban J connectivity index is 1.60. The number of halogens is 1. The first-order valence-electron chi connectivity index (χ1n) is 10.1. The molecule has 1 unspecified atom stereocenters. The molecule has 1 saturated carbocycles. The molecule has 2 fully saturated rings. The fraction of sp³-hybridized carbons (Fsp3) is 0.500. The molecule has 0 aromatic carbocycles. The van der Waals surface area contributed by atoms with Crippen molar-refractivity contribution in [2.75, 3.05) is 13.1 Å². The van der Waals surface area contributed by atoms with Gasteiger partial charge in [0.2, 0.25) is 5.91 Å². The lowest BCUT2D eigenvalue weighted by atomic mass is 10.1. The largest absolute Gasteiger partial charge is 0.342 e. The van der Waals surface area contributed by atoms with Crippen molar-refractivity contribution in [3.63, 3.8) is 0 Å². The van der Waals surface area contributed by atoms with E-state index >= 15 is 0 Å². The second kappa shape index (κ2) is 7.82. The molecular weight excluding hydrogens is 418 g/mol. The second-order valence-corrected chi connectivity index (χ2v) is 9.16. The molecule has 2 atom stereocenters. The number of rotatable bonds is 4. The van der Waals surface area contributed by atoms with Gasteiger partial charge in [-0.05, 0) is 44.1 Å². The summed E-state index contributed by atoms with van der Waals surface area (Å²) in [7, 11) is 0. The van der Waals surface area contributed by atoms with Crippen LogP contribution in [0.25, 0.3) is 5.57 Å². The molecule has 1 saturated heterocycles. The number of hydrogen-bond donors (Lipinski definition) is 0. The number of likely N-dealkylation sites (tertiary alicyclic amines) is 1. The topological polar surface area (TPSA) is 55.2 Å². The van der Waals surface area contributed by atoms with E-state index in [0.29, 0.717) is 18.4 Å². The molecule has 3 aliphatic rings. The summed E-state index contributed by atoms with van der Waals surface area (Å²) in [6, 6.07) is 1.60. The summed E-state index contributed by atoms with van der Waals surface area (Å²) >= 11 is 3.55. The van der Waals surface area contributed by atoms with E-state index in [1.54, 1.807) is 10.6 Å². The van der Waals surface area contributed by atoms with Crippen LogP contribution in [-0.2, 0) is 11.3 Å². The van der Waals surface area contributed by atoms with Crippen LogP contribution in [0.15, 0.2) is 39.6 Å². The highest BCUT2D eigenvalue weighted by Gasteiger charge is 2.36. The smallest absolute Gasteiger partial charge is 0.253 e. The van der Waals surface area contributed by atoms with E-state index in [1.165, 1.54) is 0 Å². The highest BCUT2D eigenvalue weighted by molar-refractivity contribution is 9.11. The number of nitrogens with zero attached hydrogens (tertiary/aromatic N) is 3. The maximum absolute atomic E-state index is 12.8. The zero-order valence-corrected chi connectivity index (χ0v) is 18.0. The third-order valence-electron chi connectivity index (χ3n) is 5.65. The molecule has 1 aliphatic heterocycles. The van der Waals surface area contributed by atoms with Crippen LogP contribution in [0.2, 0.25) is 0 Å². The second-order valence-electron chi connectivity index (χ2n) is 8.25. The van der Waals surface area contributed by atoms with E-state index in [4.69, 9.17) is 4.98 Å². The lowest BCUT2D eigenvalue weighted by Gasteiger charge is -2.19. The van der Waals surface area contributed by atoms with Gasteiger partial charge in [0, 0.05) is 47.4 Å². The van der Waals surface area contributed by atoms with Crippen molar-refractivity contribution in [2.24, 2.45) is 17.8 Å². The predicted molar refractivity (Wildman–Crippen MR) is 114 cm³/mol. The monoisotopic (exact) mass is 443 g/mol. The number of aromatic nitrogens is 2. The maximum Gasteiger partial charge on any atom is 0.253 e. The van der Waals surface area contributed by atoms with Gasteiger partial charge in [-0.25, -0.2) is 4.98 Å². The SMILES string of the molecule is Cc1cc(=O)n(C[C@@H]2CCN(C(=O)C3CC3)C2)c(C2=CC(C)C=C(Br)C=C2)n1. The molecule has 148 valence electrons. The summed E-state index contributed by atoms with van der Waals surface area (Å²) in [5.41, 5.74) is 1.67. The van der Waals surface area contributed by atoms with Gasteiger partial charge in [-0.15, -0.1) is 0 Å². The summed E-state index contributed by atoms with van der Waals surface area (Å²) in [5.74, 6) is 1.81. The predicted octanol–water partition coefficient (Wildman–Crippen LogP) is 3.68. The van der Waals surface area contributed by atoms with E-state index < -0.39 is 0 Å². The van der Waals surface area contributed by atoms with Gasteiger partial charge in [0.1, 0.15) is 5.82 Å². The maximum atomic E-state index is 12.8. The fourth-order valence-electron chi connectivity index (χ4n) is 4.06. The third-order valence-corrected chi connectivity index (χ3v) is 6.17. The quantitative estimate of drug-likeness (QED) is 0.712. The van der Waals surface area contributed by atoms with Gasteiger partial charge in [0.05, 0.1) is 0 Å². The first-order valence-corrected chi connectivity index (χ1v) is 10.8. The lowest BCUT2D eigenvalue weighted by Crippen LogP contribution is -2.32. The molecule has 1 aromatic heterocycles. The van der Waals surface area contributed by atoms with Gasteiger partial charge in [-0.2, -0.15) is 0 Å². The summed E-state index contributed by atoms with van der Waals surface area (Å²) in [6.45, 7) is 6.13. The average Bonchev–Trinajstić information content (AvgIpc) is 3.40. The zero-order chi connectivity index (χ0) is 19.8. The summed E-state index contributed by atoms with van der Waals surface area (Å²) < 4.78 is 2.82. The van der Waals surface area contributed by atoms with Crippen LogP contribution in [0.3, 0.4) is 0 Å². The first kappa shape index (κ1) is 19.4. The van der Waals surface area contributed by atoms with Crippen molar-refractivity contribution >= 4 is 27.4 Å². The Morgan fingerprint density at radius 2 is 2.04 bits per heavy atom. The summed E-state index contributed by atoms with van der Waals surface area (Å²) in [6.07, 6.45) is 11.3. The van der Waals surface area contributed by atoms with Crippen LogP contribution in [0.1, 0.15) is 37.7 Å². The molecule has 4 rings (SSSR count). The molecule has 2 aliphatic carbocycles. The van der Waals surface area contributed by atoms with Crippen LogP contribution in [0.5, 0.6) is 0 Å². The molecular formula is C22H26BrN3O2. The van der Waals surface area contributed by atoms with Gasteiger partial charge in [-0.1, -0.05) is 41.1 Å². The molecule has 5 nitrogen and oxygen atoms in total. The van der Waals surface area contributed by atoms with Gasteiger partial charge >= 0.3 is 0 Å². The molecule has 1 amide bonds. The van der Waals surface area contributed by atoms with Crippen molar-refractivity contribution in [1.29, 1.82) is 0 Å². The van der Waals surface area contributed by atoms with Crippen LogP contribution in [-0.4, -0.2) is 33.4 Å². The standard InChI is InChI=1S/C22H26BrN3O2/c1-14-9-18(5-6-19(23)10-14)21-24-15(2)11-20(27)26(21)13-16-7-8-25(12-16)22(28)17-3-4-17/h5-6,9-11,14,16-17H,3-4,7-8,12-13H2,1-2H3/t14?,16-/m1/s1. The Morgan fingerprint density at radius 3 is 2.79 bits per heavy atom. The number of carbonyl (C=O) groups excluding carboxylic acids is 1. The Bertz CT molecular complexity index is 940. The van der Waals surface area contributed by atoms with Gasteiger partial charge in [0.25, 0.3) is 5.56 Å². The van der Waals surface area contributed by atoms with Gasteiger partial charge < -0.3 is 4.90 Å². The average molecular weight is 444 g/mol. The van der Waals surface area contributed by atoms with E-state index in [1.807, 2.05) is 24.0 Å². The molecule has 0 bridgehead atoms. The highest BCUT2D eigenvalue weighted by atomic mass is 79.9. The summed E-state index contributed by atoms with van der Waals surface area (Å²) in [4.78, 5) is 31.9. The van der Waals surface area contributed by atoms with Gasteiger partial charge in [-0.3, -0.25) is 14.2 Å². The number of hydrogen-bond acceptors (Lipinski definition) is 3. The van der Waals surface area contributed by atoms with E-state index in [0.717, 1.165) is 53.9 Å². The molecule has 0 radical (unpaired) electrons. The Hall–Kier alpha value is -1.95. The summed E-state index contributed by atoms with van der Waals surface area (Å²) in [5, 5.41) is 0. The number of amides is 1. The third kappa shape index (κ3) is 4.22. The fourth-order valence-corrected chi connectivity index (χ4v) is 4.61. The van der Waals surface area contributed by atoms with Crippen LogP contribution >= 0.6 is 15.9 Å². The molecule has 1 aromatic rings. The zero-order valence-electron chi connectivity index (χ0n) is 16.4. The van der Waals surface area contributed by atoms with E-state index in [9.17, 15) is 9.59 Å². The van der Waals surface area contributed by atoms with Crippen LogP contribution in [0, 0.1) is 24.7 Å². The van der Waals surface area contributed by atoms with Crippen molar-refractivity contribution in [3.8, 4) is 0 Å². The molecule has 6 heteroatoms. The Morgan fingerprint density at radius 1 is 1.25 bits per heavy atom. The Kier molecular flexibility index (Phi) is 5.41. The molecule has 28 heavy (non-hydrogen) atoms. The normalized spacial score (nSPS) is 24.8. The molecule has 0 N–H and O–H groups in total. The van der Waals surface area contributed by atoms with Crippen LogP contribution < -0.4 is 5.56 Å². The minimum Gasteiger partial charge on any atom is -0.342 e. The lowest BCUT2D eigenvalue weighted by molar-refractivity contribution is -0.131.